The van der Waals surface area contributed by atoms with E-state index in [2.05, 4.69) is 19.2 Å². The molecule has 0 heterocycles. The highest BCUT2D eigenvalue weighted by Crippen LogP contribution is 2.06. The predicted molar refractivity (Wildman–Crippen MR) is 75.1 cm³/mol. The van der Waals surface area contributed by atoms with Gasteiger partial charge in [-0.25, -0.2) is 0 Å². The smallest absolute Gasteiger partial charge is 0.219 e. The lowest BCUT2D eigenvalue weighted by molar-refractivity contribution is -0.121. The quantitative estimate of drug-likeness (QED) is 0.503. The zero-order valence-electron chi connectivity index (χ0n) is 11.9. The van der Waals surface area contributed by atoms with Gasteiger partial charge in [-0.1, -0.05) is 65.2 Å². The van der Waals surface area contributed by atoms with Gasteiger partial charge in [-0.2, -0.15) is 0 Å². The molecular formula is C15H31NO. The number of rotatable bonds is 12. The number of amides is 1. The normalized spacial score (nSPS) is 10.5. The highest BCUT2D eigenvalue weighted by molar-refractivity contribution is 5.75. The average molecular weight is 241 g/mol. The van der Waals surface area contributed by atoms with E-state index in [0.717, 1.165) is 25.8 Å². The van der Waals surface area contributed by atoms with E-state index in [1.54, 1.807) is 0 Å². The molecule has 0 saturated heterocycles. The second-order valence-electron chi connectivity index (χ2n) is 4.93. The summed E-state index contributed by atoms with van der Waals surface area (Å²) in [5.74, 6) is 0.247. The number of carbonyl (C=O) groups is 1. The van der Waals surface area contributed by atoms with Crippen molar-refractivity contribution in [2.75, 3.05) is 6.54 Å². The van der Waals surface area contributed by atoms with Crippen molar-refractivity contribution in [3.8, 4) is 0 Å². The molecular weight excluding hydrogens is 210 g/mol. The van der Waals surface area contributed by atoms with Crippen molar-refractivity contribution in [1.82, 2.24) is 5.32 Å². The molecule has 0 aliphatic carbocycles. The third-order valence-electron chi connectivity index (χ3n) is 3.11. The van der Waals surface area contributed by atoms with Crippen molar-refractivity contribution >= 4 is 5.91 Å². The summed E-state index contributed by atoms with van der Waals surface area (Å²) in [4.78, 5) is 11.5. The molecule has 102 valence electrons. The van der Waals surface area contributed by atoms with Gasteiger partial charge >= 0.3 is 0 Å². The Morgan fingerprint density at radius 2 is 1.29 bits per heavy atom. The zero-order chi connectivity index (χ0) is 12.8. The van der Waals surface area contributed by atoms with E-state index in [9.17, 15) is 4.79 Å². The molecule has 0 aromatic heterocycles. The van der Waals surface area contributed by atoms with Gasteiger partial charge in [0.2, 0.25) is 5.91 Å². The molecule has 0 aliphatic rings. The zero-order valence-corrected chi connectivity index (χ0v) is 11.9. The number of hydrogen-bond donors (Lipinski definition) is 1. The monoisotopic (exact) mass is 241 g/mol. The topological polar surface area (TPSA) is 29.1 Å². The fourth-order valence-corrected chi connectivity index (χ4v) is 1.93. The molecule has 2 heteroatoms. The Morgan fingerprint density at radius 3 is 1.94 bits per heavy atom. The molecule has 0 spiro atoms. The summed E-state index contributed by atoms with van der Waals surface area (Å²) in [6.07, 6.45) is 13.2. The van der Waals surface area contributed by atoms with E-state index in [1.165, 1.54) is 51.4 Å². The van der Waals surface area contributed by atoms with Gasteiger partial charge in [-0.05, 0) is 12.8 Å². The third-order valence-corrected chi connectivity index (χ3v) is 3.11. The molecule has 0 aromatic rings. The first-order chi connectivity index (χ1) is 8.31. The van der Waals surface area contributed by atoms with E-state index < -0.39 is 0 Å². The molecule has 0 rings (SSSR count). The molecule has 0 radical (unpaired) electrons. The van der Waals surface area contributed by atoms with Gasteiger partial charge in [0.25, 0.3) is 0 Å². The Bertz CT molecular complexity index is 168. The lowest BCUT2D eigenvalue weighted by Crippen LogP contribution is -2.23. The van der Waals surface area contributed by atoms with Gasteiger partial charge in [-0.3, -0.25) is 4.79 Å². The van der Waals surface area contributed by atoms with Crippen LogP contribution in [0.4, 0.5) is 0 Å². The summed E-state index contributed by atoms with van der Waals surface area (Å²) >= 11 is 0. The summed E-state index contributed by atoms with van der Waals surface area (Å²) in [7, 11) is 0. The maximum Gasteiger partial charge on any atom is 0.219 e. The van der Waals surface area contributed by atoms with Crippen molar-refractivity contribution < 1.29 is 4.79 Å². The van der Waals surface area contributed by atoms with Gasteiger partial charge in [0.15, 0.2) is 0 Å². The molecule has 0 fully saturated rings. The molecule has 2 nitrogen and oxygen atoms in total. The van der Waals surface area contributed by atoms with Crippen LogP contribution in [0.2, 0.25) is 0 Å². The van der Waals surface area contributed by atoms with Gasteiger partial charge < -0.3 is 5.32 Å². The number of nitrogens with one attached hydrogen (secondary N) is 1. The molecule has 1 amide bonds. The minimum absolute atomic E-state index is 0.247. The van der Waals surface area contributed by atoms with Crippen LogP contribution in [0, 0.1) is 0 Å². The van der Waals surface area contributed by atoms with Crippen LogP contribution in [-0.4, -0.2) is 12.5 Å². The molecule has 0 bridgehead atoms. The molecule has 1 N–H and O–H groups in total. The van der Waals surface area contributed by atoms with Crippen LogP contribution in [0.15, 0.2) is 0 Å². The fourth-order valence-electron chi connectivity index (χ4n) is 1.93. The molecule has 0 aliphatic heterocycles. The van der Waals surface area contributed by atoms with E-state index in [1.807, 2.05) is 0 Å². The van der Waals surface area contributed by atoms with E-state index in [-0.39, 0.29) is 5.91 Å². The van der Waals surface area contributed by atoms with Crippen molar-refractivity contribution in [2.45, 2.75) is 84.5 Å². The summed E-state index contributed by atoms with van der Waals surface area (Å²) in [6.45, 7) is 5.30. The Labute approximate surface area is 108 Å². The van der Waals surface area contributed by atoms with Crippen LogP contribution < -0.4 is 5.32 Å². The van der Waals surface area contributed by atoms with Crippen LogP contribution in [0.25, 0.3) is 0 Å². The second-order valence-corrected chi connectivity index (χ2v) is 4.93. The van der Waals surface area contributed by atoms with E-state index >= 15 is 0 Å². The molecule has 0 unspecified atom stereocenters. The van der Waals surface area contributed by atoms with Crippen molar-refractivity contribution in [1.29, 1.82) is 0 Å². The summed E-state index contributed by atoms with van der Waals surface area (Å²) in [5.41, 5.74) is 0. The summed E-state index contributed by atoms with van der Waals surface area (Å²) in [6, 6.07) is 0. The van der Waals surface area contributed by atoms with E-state index in [0.29, 0.717) is 0 Å². The number of carbonyl (C=O) groups excluding carboxylic acids is 1. The van der Waals surface area contributed by atoms with Gasteiger partial charge in [0.05, 0.1) is 0 Å². The minimum Gasteiger partial charge on any atom is -0.356 e. The maximum absolute atomic E-state index is 11.5. The standard InChI is InChI=1S/C15H31NO/c1-3-5-7-9-10-11-13-15(17)16-14-12-8-6-4-2/h3-14H2,1-2H3,(H,16,17). The van der Waals surface area contributed by atoms with Crippen molar-refractivity contribution in [3.63, 3.8) is 0 Å². The van der Waals surface area contributed by atoms with E-state index in [4.69, 9.17) is 0 Å². The van der Waals surface area contributed by atoms with Gasteiger partial charge in [0.1, 0.15) is 0 Å². The molecule has 17 heavy (non-hydrogen) atoms. The van der Waals surface area contributed by atoms with Crippen LogP contribution in [-0.2, 0) is 4.79 Å². The highest BCUT2D eigenvalue weighted by atomic mass is 16.1. The van der Waals surface area contributed by atoms with Crippen LogP contribution in [0.3, 0.4) is 0 Å². The third kappa shape index (κ3) is 13.4. The average Bonchev–Trinajstić information content (AvgIpc) is 2.33. The van der Waals surface area contributed by atoms with Crippen LogP contribution in [0.5, 0.6) is 0 Å². The SMILES string of the molecule is CCCCCCCCC(=O)NCCCCCC. The molecule has 0 aromatic carbocycles. The second kappa shape index (κ2) is 13.5. The van der Waals surface area contributed by atoms with Gasteiger partial charge in [0, 0.05) is 13.0 Å². The molecule has 0 saturated carbocycles. The Hall–Kier alpha value is -0.530. The maximum atomic E-state index is 11.5. The lowest BCUT2D eigenvalue weighted by Gasteiger charge is -2.04. The summed E-state index contributed by atoms with van der Waals surface area (Å²) < 4.78 is 0. The first-order valence-electron chi connectivity index (χ1n) is 7.58. The first-order valence-corrected chi connectivity index (χ1v) is 7.58. The van der Waals surface area contributed by atoms with Crippen molar-refractivity contribution in [3.05, 3.63) is 0 Å². The largest absolute Gasteiger partial charge is 0.356 e. The number of hydrogen-bond acceptors (Lipinski definition) is 1. The Kier molecular flexibility index (Phi) is 13.1. The minimum atomic E-state index is 0.247. The van der Waals surface area contributed by atoms with Crippen LogP contribution in [0.1, 0.15) is 84.5 Å². The number of unbranched alkanes of at least 4 members (excludes halogenated alkanes) is 8. The fraction of sp³-hybridized carbons (Fsp3) is 0.933. The Balaban J connectivity index is 3.12. The predicted octanol–water partition coefficient (Wildman–Crippen LogP) is 4.43. The summed E-state index contributed by atoms with van der Waals surface area (Å²) in [5, 5.41) is 3.00. The first kappa shape index (κ1) is 16.5. The highest BCUT2D eigenvalue weighted by Gasteiger charge is 1.99. The van der Waals surface area contributed by atoms with Gasteiger partial charge in [-0.15, -0.1) is 0 Å². The molecule has 0 atom stereocenters. The Morgan fingerprint density at radius 1 is 0.765 bits per heavy atom. The van der Waals surface area contributed by atoms with Crippen molar-refractivity contribution in [2.24, 2.45) is 0 Å². The lowest BCUT2D eigenvalue weighted by atomic mass is 10.1. The van der Waals surface area contributed by atoms with Crippen LogP contribution >= 0.6 is 0 Å².